The van der Waals surface area contributed by atoms with Crippen LogP contribution in [0.4, 0.5) is 0 Å². The molecule has 2 aliphatic heterocycles. The van der Waals surface area contributed by atoms with Crippen LogP contribution >= 0.6 is 46.4 Å². The molecule has 0 N–H and O–H groups in total. The average Bonchev–Trinajstić information content (AvgIpc) is 2.28. The van der Waals surface area contributed by atoms with Crippen LogP contribution in [0.1, 0.15) is 12.8 Å². The molecule has 1 fully saturated rings. The van der Waals surface area contributed by atoms with E-state index in [0.29, 0.717) is 0 Å². The standard InChI is InChI=1S/C6H4Cl4O2S/c7-3-4(8)6(10)2-1-5(3,9)13(6,11)12/h1-2H2/t5-,6-/m0/s1. The average molecular weight is 282 g/mol. The summed E-state index contributed by atoms with van der Waals surface area (Å²) >= 11 is 23.2. The molecule has 2 atom stereocenters. The van der Waals surface area contributed by atoms with Crippen molar-refractivity contribution in [2.45, 2.75) is 21.3 Å². The van der Waals surface area contributed by atoms with Crippen molar-refractivity contribution in [2.75, 3.05) is 0 Å². The smallest absolute Gasteiger partial charge is 0.199 e. The molecule has 1 saturated heterocycles. The van der Waals surface area contributed by atoms with Crippen LogP contribution in [0.25, 0.3) is 0 Å². The number of halogens is 4. The van der Waals surface area contributed by atoms with Gasteiger partial charge in [-0.3, -0.25) is 0 Å². The van der Waals surface area contributed by atoms with E-state index in [0.717, 1.165) is 0 Å². The van der Waals surface area contributed by atoms with Gasteiger partial charge < -0.3 is 0 Å². The Morgan fingerprint density at radius 1 is 1.00 bits per heavy atom. The second-order valence-electron chi connectivity index (χ2n) is 3.09. The minimum absolute atomic E-state index is 0.0444. The van der Waals surface area contributed by atoms with E-state index in [2.05, 4.69) is 0 Å². The largest absolute Gasteiger partial charge is 0.224 e. The van der Waals surface area contributed by atoms with E-state index < -0.39 is 18.2 Å². The highest BCUT2D eigenvalue weighted by molar-refractivity contribution is 7.98. The molecule has 0 radical (unpaired) electrons. The van der Waals surface area contributed by atoms with E-state index >= 15 is 0 Å². The molecule has 74 valence electrons. The van der Waals surface area contributed by atoms with Crippen LogP contribution in [0.2, 0.25) is 0 Å². The Balaban J connectivity index is 2.82. The van der Waals surface area contributed by atoms with Crippen LogP contribution in [-0.4, -0.2) is 16.8 Å². The van der Waals surface area contributed by atoms with Crippen molar-refractivity contribution >= 4 is 56.2 Å². The first-order chi connectivity index (χ1) is 5.77. The minimum Gasteiger partial charge on any atom is -0.224 e. The minimum atomic E-state index is -3.70. The first-order valence-corrected chi connectivity index (χ1v) is 6.45. The van der Waals surface area contributed by atoms with Crippen LogP contribution in [0, 0.1) is 0 Å². The van der Waals surface area contributed by atoms with Gasteiger partial charge in [-0.15, -0.1) is 0 Å². The number of hydrogen-bond donors (Lipinski definition) is 0. The second kappa shape index (κ2) is 2.50. The molecule has 0 aromatic heterocycles. The summed E-state index contributed by atoms with van der Waals surface area (Å²) in [5.74, 6) is 0. The number of sulfone groups is 1. The third-order valence-electron chi connectivity index (χ3n) is 2.47. The van der Waals surface area contributed by atoms with Gasteiger partial charge in [0.15, 0.2) is 18.2 Å². The summed E-state index contributed by atoms with van der Waals surface area (Å²) in [5.41, 5.74) is 0. The predicted octanol–water partition coefficient (Wildman–Crippen LogP) is 2.77. The van der Waals surface area contributed by atoms with Crippen LogP contribution < -0.4 is 0 Å². The van der Waals surface area contributed by atoms with Gasteiger partial charge in [0.2, 0.25) is 0 Å². The molecule has 13 heavy (non-hydrogen) atoms. The van der Waals surface area contributed by atoms with Crippen molar-refractivity contribution in [1.82, 2.24) is 0 Å². The molecular weight excluding hydrogens is 278 g/mol. The molecule has 0 aromatic carbocycles. The molecule has 0 saturated carbocycles. The summed E-state index contributed by atoms with van der Waals surface area (Å²) in [5, 5.41) is -0.0887. The summed E-state index contributed by atoms with van der Waals surface area (Å²) in [4.78, 5) is 0. The zero-order valence-electron chi connectivity index (χ0n) is 6.15. The van der Waals surface area contributed by atoms with Gasteiger partial charge in [-0.25, -0.2) is 8.42 Å². The summed E-state index contributed by atoms with van der Waals surface area (Å²) in [6, 6.07) is 0. The molecule has 0 aromatic rings. The third-order valence-corrected chi connectivity index (χ3v) is 8.50. The Bertz CT molecular complexity index is 382. The Morgan fingerprint density at radius 2 is 1.31 bits per heavy atom. The van der Waals surface area contributed by atoms with Crippen molar-refractivity contribution in [3.63, 3.8) is 0 Å². The lowest BCUT2D eigenvalue weighted by Gasteiger charge is -2.15. The van der Waals surface area contributed by atoms with Crippen LogP contribution in [0.5, 0.6) is 0 Å². The summed E-state index contributed by atoms with van der Waals surface area (Å²) in [6.07, 6.45) is 0.435. The van der Waals surface area contributed by atoms with Crippen LogP contribution in [0.15, 0.2) is 10.1 Å². The molecule has 2 aliphatic rings. The fraction of sp³-hybridized carbons (Fsp3) is 0.667. The monoisotopic (exact) mass is 280 g/mol. The van der Waals surface area contributed by atoms with Gasteiger partial charge >= 0.3 is 0 Å². The normalized spacial score (nSPS) is 47.4. The van der Waals surface area contributed by atoms with E-state index in [1.807, 2.05) is 0 Å². The maximum absolute atomic E-state index is 11.7. The molecule has 2 nitrogen and oxygen atoms in total. The van der Waals surface area contributed by atoms with Gasteiger partial charge in [-0.2, -0.15) is 0 Å². The highest BCUT2D eigenvalue weighted by atomic mass is 35.5. The van der Waals surface area contributed by atoms with Gasteiger partial charge in [-0.1, -0.05) is 46.4 Å². The van der Waals surface area contributed by atoms with Crippen molar-refractivity contribution in [1.29, 1.82) is 0 Å². The first kappa shape index (κ1) is 10.4. The lowest BCUT2D eigenvalue weighted by atomic mass is 10.1. The van der Waals surface area contributed by atoms with Crippen molar-refractivity contribution < 1.29 is 8.42 Å². The fourth-order valence-corrected chi connectivity index (χ4v) is 6.18. The van der Waals surface area contributed by atoms with Gasteiger partial charge in [0, 0.05) is 0 Å². The van der Waals surface area contributed by atoms with E-state index in [1.54, 1.807) is 0 Å². The van der Waals surface area contributed by atoms with Crippen LogP contribution in [0.3, 0.4) is 0 Å². The van der Waals surface area contributed by atoms with Gasteiger partial charge in [0.05, 0.1) is 10.1 Å². The summed E-state index contributed by atoms with van der Waals surface area (Å²) in [7, 11) is -3.70. The Hall–Kier alpha value is 0.850. The fourth-order valence-electron chi connectivity index (χ4n) is 1.63. The predicted molar refractivity (Wildman–Crippen MR) is 54.1 cm³/mol. The maximum atomic E-state index is 11.7. The number of hydrogen-bond acceptors (Lipinski definition) is 2. The zero-order valence-corrected chi connectivity index (χ0v) is 9.99. The van der Waals surface area contributed by atoms with Gasteiger partial charge in [0.1, 0.15) is 0 Å². The van der Waals surface area contributed by atoms with Crippen molar-refractivity contribution in [3.8, 4) is 0 Å². The van der Waals surface area contributed by atoms with Gasteiger partial charge in [-0.05, 0) is 12.8 Å². The van der Waals surface area contributed by atoms with Crippen molar-refractivity contribution in [3.05, 3.63) is 10.1 Å². The highest BCUT2D eigenvalue weighted by Crippen LogP contribution is 2.65. The molecule has 0 amide bonds. The summed E-state index contributed by atoms with van der Waals surface area (Å²) in [6.45, 7) is 0. The lowest BCUT2D eigenvalue weighted by molar-refractivity contribution is 0.589. The number of alkyl halides is 2. The van der Waals surface area contributed by atoms with E-state index in [-0.39, 0.29) is 22.9 Å². The molecule has 0 unspecified atom stereocenters. The second-order valence-corrected chi connectivity index (χ2v) is 7.98. The molecule has 2 heterocycles. The summed E-state index contributed by atoms with van der Waals surface area (Å²) < 4.78 is 20.3. The topological polar surface area (TPSA) is 34.1 Å². The lowest BCUT2D eigenvalue weighted by Crippen LogP contribution is -2.30. The SMILES string of the molecule is O=S1(=O)[C@@]2(Cl)CC[C@@]1(Cl)C(Cl)=C2Cl. The third kappa shape index (κ3) is 0.864. The van der Waals surface area contributed by atoms with E-state index in [1.165, 1.54) is 0 Å². The van der Waals surface area contributed by atoms with E-state index in [4.69, 9.17) is 46.4 Å². The molecule has 2 rings (SSSR count). The Morgan fingerprint density at radius 3 is 1.46 bits per heavy atom. The molecule has 0 spiro atoms. The Labute approximate surface area is 95.7 Å². The Kier molecular flexibility index (Phi) is 2.00. The van der Waals surface area contributed by atoms with Crippen LogP contribution in [-0.2, 0) is 9.84 Å². The molecular formula is C6H4Cl4O2S. The maximum Gasteiger partial charge on any atom is 0.199 e. The quantitative estimate of drug-likeness (QED) is 0.640. The molecule has 7 heteroatoms. The highest BCUT2D eigenvalue weighted by Gasteiger charge is 2.70. The zero-order chi connectivity index (χ0) is 10.1. The number of fused-ring (bicyclic) bond motifs is 2. The molecule has 0 aliphatic carbocycles. The first-order valence-electron chi connectivity index (χ1n) is 3.45. The number of rotatable bonds is 0. The van der Waals surface area contributed by atoms with Crippen molar-refractivity contribution in [2.24, 2.45) is 0 Å². The molecule has 2 bridgehead atoms. The van der Waals surface area contributed by atoms with Gasteiger partial charge in [0.25, 0.3) is 0 Å². The van der Waals surface area contributed by atoms with E-state index in [9.17, 15) is 8.42 Å².